The number of nitrogens with one attached hydrogen (secondary N) is 1. The number of ketones is 1. The van der Waals surface area contributed by atoms with Gasteiger partial charge in [0, 0.05) is 17.7 Å². The molecule has 2 aromatic carbocycles. The first-order valence-electron chi connectivity index (χ1n) is 8.14. The number of hydrogen-bond donors (Lipinski definition) is 1. The lowest BCUT2D eigenvalue weighted by atomic mass is 9.98. The number of rotatable bonds is 5. The Kier molecular flexibility index (Phi) is 4.99. The third-order valence-electron chi connectivity index (χ3n) is 4.33. The zero-order chi connectivity index (χ0) is 17.9. The van der Waals surface area contributed by atoms with Crippen molar-refractivity contribution in [3.63, 3.8) is 0 Å². The molecule has 6 heteroatoms. The first-order valence-corrected chi connectivity index (χ1v) is 9.96. The minimum absolute atomic E-state index is 0.0639. The molecule has 1 aliphatic rings. The van der Waals surface area contributed by atoms with Crippen molar-refractivity contribution in [1.29, 1.82) is 0 Å². The number of amides is 1. The van der Waals surface area contributed by atoms with Gasteiger partial charge in [-0.15, -0.1) is 0 Å². The van der Waals surface area contributed by atoms with Crippen LogP contribution in [0, 0.1) is 5.92 Å². The summed E-state index contributed by atoms with van der Waals surface area (Å²) in [7, 11) is -2.97. The molecule has 1 amide bonds. The highest BCUT2D eigenvalue weighted by molar-refractivity contribution is 7.91. The zero-order valence-electron chi connectivity index (χ0n) is 13.6. The summed E-state index contributed by atoms with van der Waals surface area (Å²) in [4.78, 5) is 25.2. The summed E-state index contributed by atoms with van der Waals surface area (Å²) >= 11 is 0. The van der Waals surface area contributed by atoms with E-state index in [1.807, 2.05) is 6.07 Å². The number of carbonyl (C=O) groups excluding carboxylic acids is 2. The van der Waals surface area contributed by atoms with Crippen molar-refractivity contribution in [2.75, 3.05) is 18.1 Å². The average molecular weight is 357 g/mol. The Bertz CT molecular complexity index is 891. The van der Waals surface area contributed by atoms with E-state index in [0.29, 0.717) is 29.7 Å². The summed E-state index contributed by atoms with van der Waals surface area (Å²) in [5.41, 5.74) is 1.16. The standard InChI is InChI=1S/C19H19NO4S/c21-18(15-6-2-1-3-7-15)16-8-4-5-9-17(16)19(22)20-12-14-10-11-25(23,24)13-14/h1-9,14H,10-13H2,(H,20,22). The van der Waals surface area contributed by atoms with Crippen LogP contribution in [-0.2, 0) is 9.84 Å². The van der Waals surface area contributed by atoms with Gasteiger partial charge >= 0.3 is 0 Å². The van der Waals surface area contributed by atoms with Crippen LogP contribution in [0.2, 0.25) is 0 Å². The first-order chi connectivity index (χ1) is 12.0. The predicted octanol–water partition coefficient (Wildman–Crippen LogP) is 2.08. The monoisotopic (exact) mass is 357 g/mol. The molecular formula is C19H19NO4S. The van der Waals surface area contributed by atoms with Gasteiger partial charge in [0.1, 0.15) is 0 Å². The predicted molar refractivity (Wildman–Crippen MR) is 95.4 cm³/mol. The molecule has 2 aromatic rings. The van der Waals surface area contributed by atoms with E-state index in [0.717, 1.165) is 0 Å². The molecule has 130 valence electrons. The highest BCUT2D eigenvalue weighted by atomic mass is 32.2. The Hall–Kier alpha value is -2.47. The van der Waals surface area contributed by atoms with Crippen molar-refractivity contribution in [1.82, 2.24) is 5.32 Å². The molecule has 1 saturated heterocycles. The molecule has 0 saturated carbocycles. The van der Waals surface area contributed by atoms with E-state index < -0.39 is 9.84 Å². The van der Waals surface area contributed by atoms with Gasteiger partial charge in [0.05, 0.1) is 17.1 Å². The van der Waals surface area contributed by atoms with E-state index in [1.54, 1.807) is 48.5 Å². The summed E-state index contributed by atoms with van der Waals surface area (Å²) in [5.74, 6) is -0.348. The third kappa shape index (κ3) is 4.14. The second-order valence-electron chi connectivity index (χ2n) is 6.22. The van der Waals surface area contributed by atoms with Gasteiger partial charge in [0.2, 0.25) is 0 Å². The molecule has 1 heterocycles. The maximum absolute atomic E-state index is 12.7. The highest BCUT2D eigenvalue weighted by Crippen LogP contribution is 2.18. The smallest absolute Gasteiger partial charge is 0.252 e. The molecule has 0 radical (unpaired) electrons. The fraction of sp³-hybridized carbons (Fsp3) is 0.263. The van der Waals surface area contributed by atoms with Crippen LogP contribution >= 0.6 is 0 Å². The maximum atomic E-state index is 12.7. The Morgan fingerprint density at radius 1 is 0.960 bits per heavy atom. The molecule has 0 aromatic heterocycles. The number of carbonyl (C=O) groups is 2. The van der Waals surface area contributed by atoms with Crippen LogP contribution in [0.15, 0.2) is 54.6 Å². The second-order valence-corrected chi connectivity index (χ2v) is 8.45. The van der Waals surface area contributed by atoms with Gasteiger partial charge in [-0.1, -0.05) is 48.5 Å². The Labute approximate surface area is 147 Å². The van der Waals surface area contributed by atoms with Gasteiger partial charge in [-0.05, 0) is 18.4 Å². The molecule has 3 rings (SSSR count). The van der Waals surface area contributed by atoms with Crippen LogP contribution in [0.5, 0.6) is 0 Å². The molecule has 0 spiro atoms. The summed E-state index contributed by atoms with van der Waals surface area (Å²) < 4.78 is 23.0. The molecule has 1 fully saturated rings. The van der Waals surface area contributed by atoms with Gasteiger partial charge in [0.25, 0.3) is 5.91 Å². The summed E-state index contributed by atoms with van der Waals surface area (Å²) in [6.07, 6.45) is 0.563. The van der Waals surface area contributed by atoms with Crippen LogP contribution in [0.4, 0.5) is 0 Å². The van der Waals surface area contributed by atoms with Gasteiger partial charge in [-0.3, -0.25) is 9.59 Å². The molecule has 0 aliphatic carbocycles. The minimum Gasteiger partial charge on any atom is -0.352 e. The molecule has 25 heavy (non-hydrogen) atoms. The van der Waals surface area contributed by atoms with Gasteiger partial charge in [0.15, 0.2) is 15.6 Å². The molecular weight excluding hydrogens is 338 g/mol. The lowest BCUT2D eigenvalue weighted by molar-refractivity contribution is 0.0937. The average Bonchev–Trinajstić information content (AvgIpc) is 2.98. The summed E-state index contributed by atoms with van der Waals surface area (Å²) in [6.45, 7) is 0.298. The highest BCUT2D eigenvalue weighted by Gasteiger charge is 2.28. The fourth-order valence-corrected chi connectivity index (χ4v) is 4.85. The SMILES string of the molecule is O=C(NCC1CCS(=O)(=O)C1)c1ccccc1C(=O)c1ccccc1. The van der Waals surface area contributed by atoms with E-state index in [9.17, 15) is 18.0 Å². The Morgan fingerprint density at radius 3 is 2.24 bits per heavy atom. The number of hydrogen-bond acceptors (Lipinski definition) is 4. The molecule has 1 unspecified atom stereocenters. The van der Waals surface area contributed by atoms with E-state index in [4.69, 9.17) is 0 Å². The second kappa shape index (κ2) is 7.19. The first kappa shape index (κ1) is 17.4. The Balaban J connectivity index is 1.74. The van der Waals surface area contributed by atoms with E-state index in [-0.39, 0.29) is 29.1 Å². The zero-order valence-corrected chi connectivity index (χ0v) is 14.5. The molecule has 1 N–H and O–H groups in total. The van der Waals surface area contributed by atoms with Crippen molar-refractivity contribution in [3.05, 3.63) is 71.3 Å². The number of benzene rings is 2. The lowest BCUT2D eigenvalue weighted by Gasteiger charge is -2.12. The van der Waals surface area contributed by atoms with Crippen LogP contribution in [0.25, 0.3) is 0 Å². The summed E-state index contributed by atoms with van der Waals surface area (Å²) in [6, 6.07) is 15.5. The lowest BCUT2D eigenvalue weighted by Crippen LogP contribution is -2.31. The van der Waals surface area contributed by atoms with E-state index >= 15 is 0 Å². The van der Waals surface area contributed by atoms with Crippen LogP contribution in [0.1, 0.15) is 32.7 Å². The topological polar surface area (TPSA) is 80.3 Å². The van der Waals surface area contributed by atoms with Crippen molar-refractivity contribution in [3.8, 4) is 0 Å². The van der Waals surface area contributed by atoms with Gasteiger partial charge < -0.3 is 5.32 Å². The number of sulfone groups is 1. The molecule has 1 atom stereocenters. The molecule has 1 aliphatic heterocycles. The third-order valence-corrected chi connectivity index (χ3v) is 6.17. The maximum Gasteiger partial charge on any atom is 0.252 e. The largest absolute Gasteiger partial charge is 0.352 e. The minimum atomic E-state index is -2.97. The fourth-order valence-electron chi connectivity index (χ4n) is 2.99. The van der Waals surface area contributed by atoms with Crippen molar-refractivity contribution in [2.45, 2.75) is 6.42 Å². The Morgan fingerprint density at radius 2 is 1.60 bits per heavy atom. The summed E-state index contributed by atoms with van der Waals surface area (Å²) in [5, 5.41) is 2.77. The van der Waals surface area contributed by atoms with Crippen LogP contribution in [0.3, 0.4) is 0 Å². The van der Waals surface area contributed by atoms with Crippen molar-refractivity contribution < 1.29 is 18.0 Å². The normalized spacial score (nSPS) is 18.6. The van der Waals surface area contributed by atoms with Crippen LogP contribution in [-0.4, -0.2) is 38.2 Å². The van der Waals surface area contributed by atoms with Crippen molar-refractivity contribution in [2.24, 2.45) is 5.92 Å². The molecule has 0 bridgehead atoms. The van der Waals surface area contributed by atoms with Gasteiger partial charge in [-0.2, -0.15) is 0 Å². The quantitative estimate of drug-likeness (QED) is 0.831. The van der Waals surface area contributed by atoms with Crippen LogP contribution < -0.4 is 5.32 Å². The van der Waals surface area contributed by atoms with Gasteiger partial charge in [-0.25, -0.2) is 8.42 Å². The van der Waals surface area contributed by atoms with E-state index in [2.05, 4.69) is 5.32 Å². The van der Waals surface area contributed by atoms with E-state index in [1.165, 1.54) is 0 Å². The van der Waals surface area contributed by atoms with Crippen molar-refractivity contribution >= 4 is 21.5 Å². The molecule has 5 nitrogen and oxygen atoms in total.